The SMILES string of the molecule is CC1(C)[C@@H]2CC[C@@]1(C)[C@@H]1OC(=O)N(CSc3ccccc3)[C@H]21. The maximum absolute atomic E-state index is 12.4. The molecule has 3 nitrogen and oxygen atoms in total. The Morgan fingerprint density at radius 3 is 2.73 bits per heavy atom. The van der Waals surface area contributed by atoms with Gasteiger partial charge in [-0.1, -0.05) is 39.0 Å². The predicted octanol–water partition coefficient (Wildman–Crippen LogP) is 4.38. The van der Waals surface area contributed by atoms with E-state index in [0.29, 0.717) is 11.8 Å². The molecule has 4 rings (SSSR count). The highest BCUT2D eigenvalue weighted by Crippen LogP contribution is 2.68. The lowest BCUT2D eigenvalue weighted by atomic mass is 9.70. The summed E-state index contributed by atoms with van der Waals surface area (Å²) < 4.78 is 5.83. The van der Waals surface area contributed by atoms with Gasteiger partial charge in [0.05, 0.1) is 11.9 Å². The van der Waals surface area contributed by atoms with Gasteiger partial charge in [-0.2, -0.15) is 0 Å². The van der Waals surface area contributed by atoms with Gasteiger partial charge in [-0.15, -0.1) is 11.8 Å². The van der Waals surface area contributed by atoms with Crippen molar-refractivity contribution < 1.29 is 9.53 Å². The fourth-order valence-electron chi connectivity index (χ4n) is 4.93. The molecule has 1 aliphatic heterocycles. The Bertz CT molecular complexity index is 602. The highest BCUT2D eigenvalue weighted by Gasteiger charge is 2.71. The van der Waals surface area contributed by atoms with Crippen LogP contribution in [0.3, 0.4) is 0 Å². The van der Waals surface area contributed by atoms with Crippen molar-refractivity contribution in [1.82, 2.24) is 4.90 Å². The van der Waals surface area contributed by atoms with Gasteiger partial charge in [-0.25, -0.2) is 4.79 Å². The molecule has 0 unspecified atom stereocenters. The van der Waals surface area contributed by atoms with E-state index in [9.17, 15) is 4.79 Å². The number of rotatable bonds is 3. The largest absolute Gasteiger partial charge is 0.443 e. The van der Waals surface area contributed by atoms with Crippen molar-refractivity contribution in [1.29, 1.82) is 0 Å². The summed E-state index contributed by atoms with van der Waals surface area (Å²) in [4.78, 5) is 15.6. The minimum atomic E-state index is -0.118. The van der Waals surface area contributed by atoms with E-state index in [1.807, 2.05) is 23.1 Å². The fourth-order valence-corrected chi connectivity index (χ4v) is 5.85. The Balaban J connectivity index is 1.56. The van der Waals surface area contributed by atoms with Crippen LogP contribution >= 0.6 is 11.8 Å². The zero-order valence-corrected chi connectivity index (χ0v) is 14.2. The van der Waals surface area contributed by atoms with Gasteiger partial charge in [0.15, 0.2) is 0 Å². The van der Waals surface area contributed by atoms with Gasteiger partial charge in [0.2, 0.25) is 0 Å². The molecule has 118 valence electrons. The zero-order valence-electron chi connectivity index (χ0n) is 13.4. The van der Waals surface area contributed by atoms with E-state index >= 15 is 0 Å². The first kappa shape index (κ1) is 14.4. The third-order valence-corrected chi connectivity index (χ3v) is 7.67. The van der Waals surface area contributed by atoms with Gasteiger partial charge in [0, 0.05) is 10.3 Å². The summed E-state index contributed by atoms with van der Waals surface area (Å²) in [5.41, 5.74) is 0.378. The van der Waals surface area contributed by atoms with Crippen LogP contribution in [0.15, 0.2) is 35.2 Å². The van der Waals surface area contributed by atoms with Crippen molar-refractivity contribution in [2.45, 2.75) is 50.7 Å². The van der Waals surface area contributed by atoms with Crippen LogP contribution in [0.25, 0.3) is 0 Å². The fraction of sp³-hybridized carbons (Fsp3) is 0.611. The van der Waals surface area contributed by atoms with Crippen LogP contribution in [-0.4, -0.2) is 29.0 Å². The summed E-state index contributed by atoms with van der Waals surface area (Å²) in [6, 6.07) is 10.5. The van der Waals surface area contributed by atoms with Crippen molar-refractivity contribution in [3.05, 3.63) is 30.3 Å². The number of ether oxygens (including phenoxy) is 1. The molecule has 0 aromatic heterocycles. The Morgan fingerprint density at radius 1 is 1.27 bits per heavy atom. The second-order valence-electron chi connectivity index (χ2n) is 7.64. The third kappa shape index (κ3) is 1.73. The smallest absolute Gasteiger partial charge is 0.411 e. The minimum Gasteiger partial charge on any atom is -0.443 e. The molecule has 1 saturated heterocycles. The summed E-state index contributed by atoms with van der Waals surface area (Å²) in [6.45, 7) is 7.04. The maximum atomic E-state index is 12.4. The van der Waals surface area contributed by atoms with E-state index in [2.05, 4.69) is 32.9 Å². The van der Waals surface area contributed by atoms with Crippen LogP contribution in [0, 0.1) is 16.7 Å². The quantitative estimate of drug-likeness (QED) is 0.775. The Kier molecular flexibility index (Phi) is 3.06. The molecule has 1 aromatic carbocycles. The van der Waals surface area contributed by atoms with E-state index in [1.54, 1.807) is 11.8 Å². The van der Waals surface area contributed by atoms with Crippen LogP contribution in [0.4, 0.5) is 4.79 Å². The van der Waals surface area contributed by atoms with Gasteiger partial charge in [-0.3, -0.25) is 4.90 Å². The van der Waals surface area contributed by atoms with Gasteiger partial charge >= 0.3 is 6.09 Å². The standard InChI is InChI=1S/C18H23NO2S/c1-17(2)13-9-10-18(17,3)15-14(13)19(16(20)21-15)11-22-12-7-5-4-6-8-12/h4-8,13-15H,9-11H2,1-3H3/t13-,14-,15-,18+/m1/s1. The van der Waals surface area contributed by atoms with Gasteiger partial charge in [0.1, 0.15) is 6.10 Å². The number of nitrogens with zero attached hydrogens (tertiary/aromatic N) is 1. The molecule has 0 radical (unpaired) electrons. The van der Waals surface area contributed by atoms with E-state index in [1.165, 1.54) is 17.7 Å². The number of carbonyl (C=O) groups excluding carboxylic acids is 1. The van der Waals surface area contributed by atoms with Gasteiger partial charge in [-0.05, 0) is 36.3 Å². The molecule has 3 aliphatic rings. The first-order valence-corrected chi connectivity index (χ1v) is 9.09. The summed E-state index contributed by atoms with van der Waals surface area (Å²) in [5.74, 6) is 1.25. The Hall–Kier alpha value is -1.16. The molecular formula is C18H23NO2S. The molecule has 1 amide bonds. The molecule has 4 heteroatoms. The van der Waals surface area contributed by atoms with Crippen LogP contribution in [0.2, 0.25) is 0 Å². The lowest BCUT2D eigenvalue weighted by Crippen LogP contribution is -2.42. The second kappa shape index (κ2) is 4.67. The monoisotopic (exact) mass is 317 g/mol. The molecule has 0 spiro atoms. The lowest BCUT2D eigenvalue weighted by molar-refractivity contribution is 0.0143. The van der Waals surface area contributed by atoms with Gasteiger partial charge < -0.3 is 4.74 Å². The maximum Gasteiger partial charge on any atom is 0.411 e. The zero-order chi connectivity index (χ0) is 15.5. The van der Waals surface area contributed by atoms with Crippen molar-refractivity contribution >= 4 is 17.9 Å². The molecule has 1 aromatic rings. The van der Waals surface area contributed by atoms with E-state index in [-0.39, 0.29) is 29.1 Å². The van der Waals surface area contributed by atoms with Crippen LogP contribution in [0.1, 0.15) is 33.6 Å². The van der Waals surface area contributed by atoms with Crippen molar-refractivity contribution in [2.75, 3.05) is 5.88 Å². The summed E-state index contributed by atoms with van der Waals surface area (Å²) in [5, 5.41) is 0. The van der Waals surface area contributed by atoms with Crippen LogP contribution < -0.4 is 0 Å². The predicted molar refractivity (Wildman–Crippen MR) is 87.7 cm³/mol. The summed E-state index contributed by atoms with van der Waals surface area (Å²) in [7, 11) is 0. The molecule has 1 heterocycles. The van der Waals surface area contributed by atoms with E-state index in [4.69, 9.17) is 4.74 Å². The second-order valence-corrected chi connectivity index (χ2v) is 8.65. The normalized spacial score (nSPS) is 38.2. The summed E-state index contributed by atoms with van der Waals surface area (Å²) in [6.07, 6.45) is 2.35. The molecule has 2 aliphatic carbocycles. The molecule has 2 bridgehead atoms. The van der Waals surface area contributed by atoms with E-state index < -0.39 is 0 Å². The molecule has 2 saturated carbocycles. The van der Waals surface area contributed by atoms with Crippen molar-refractivity contribution in [3.8, 4) is 0 Å². The van der Waals surface area contributed by atoms with Crippen molar-refractivity contribution in [3.63, 3.8) is 0 Å². The van der Waals surface area contributed by atoms with Crippen LogP contribution in [-0.2, 0) is 4.74 Å². The average Bonchev–Trinajstić information content (AvgIpc) is 3.00. The highest BCUT2D eigenvalue weighted by atomic mass is 32.2. The lowest BCUT2D eigenvalue weighted by Gasteiger charge is -2.37. The van der Waals surface area contributed by atoms with Crippen LogP contribution in [0.5, 0.6) is 0 Å². The molecular weight excluding hydrogens is 294 g/mol. The van der Waals surface area contributed by atoms with E-state index in [0.717, 1.165) is 0 Å². The third-order valence-electron chi connectivity index (χ3n) is 6.66. The molecule has 4 atom stereocenters. The number of thioether (sulfide) groups is 1. The number of fused-ring (bicyclic) bond motifs is 5. The molecule has 22 heavy (non-hydrogen) atoms. The Labute approximate surface area is 136 Å². The minimum absolute atomic E-state index is 0.0742. The number of carbonyl (C=O) groups is 1. The van der Waals surface area contributed by atoms with Gasteiger partial charge in [0.25, 0.3) is 0 Å². The number of hydrogen-bond donors (Lipinski definition) is 0. The highest BCUT2D eigenvalue weighted by molar-refractivity contribution is 7.99. The van der Waals surface area contributed by atoms with Crippen molar-refractivity contribution in [2.24, 2.45) is 16.7 Å². The first-order chi connectivity index (χ1) is 10.4. The molecule has 0 N–H and O–H groups in total. The number of benzene rings is 1. The first-order valence-electron chi connectivity index (χ1n) is 8.10. The topological polar surface area (TPSA) is 29.5 Å². The molecule has 3 fully saturated rings. The number of hydrogen-bond acceptors (Lipinski definition) is 3. The Morgan fingerprint density at radius 2 is 2.00 bits per heavy atom. The summed E-state index contributed by atoms with van der Waals surface area (Å²) >= 11 is 1.72. The average molecular weight is 317 g/mol. The number of amides is 1.